The van der Waals surface area contributed by atoms with Gasteiger partial charge < -0.3 is 5.11 Å². The minimum Gasteiger partial charge on any atom is -0.393 e. The zero-order chi connectivity index (χ0) is 11.4. The molecule has 0 saturated carbocycles. The van der Waals surface area contributed by atoms with Crippen LogP contribution in [-0.4, -0.2) is 11.2 Å². The van der Waals surface area contributed by atoms with Crippen molar-refractivity contribution < 1.29 is 5.11 Å². The van der Waals surface area contributed by atoms with E-state index in [0.717, 1.165) is 24.8 Å². The van der Waals surface area contributed by atoms with Crippen LogP contribution in [0.25, 0.3) is 0 Å². The van der Waals surface area contributed by atoms with Crippen LogP contribution in [0.3, 0.4) is 0 Å². The van der Waals surface area contributed by atoms with E-state index in [1.165, 1.54) is 0 Å². The lowest BCUT2D eigenvalue weighted by Gasteiger charge is -2.29. The van der Waals surface area contributed by atoms with Crippen LogP contribution in [0, 0.1) is 11.3 Å². The van der Waals surface area contributed by atoms with Crippen LogP contribution in [0.2, 0.25) is 0 Å². The van der Waals surface area contributed by atoms with E-state index in [2.05, 4.69) is 34.3 Å². The molecule has 0 bridgehead atoms. The number of aliphatic hydroxyl groups excluding tert-OH is 1. The molecular formula is C13H26O. The van der Waals surface area contributed by atoms with E-state index in [-0.39, 0.29) is 6.10 Å². The number of hydrogen-bond acceptors (Lipinski definition) is 1. The molecular weight excluding hydrogens is 172 g/mol. The van der Waals surface area contributed by atoms with Crippen LogP contribution < -0.4 is 0 Å². The Kier molecular flexibility index (Phi) is 5.43. The summed E-state index contributed by atoms with van der Waals surface area (Å²) in [7, 11) is 0. The van der Waals surface area contributed by atoms with Gasteiger partial charge in [-0.1, -0.05) is 33.3 Å². The van der Waals surface area contributed by atoms with E-state index < -0.39 is 0 Å². The third-order valence-electron chi connectivity index (χ3n) is 3.01. The highest BCUT2D eigenvalue weighted by atomic mass is 16.3. The summed E-state index contributed by atoms with van der Waals surface area (Å²) in [4.78, 5) is 0. The maximum absolute atomic E-state index is 9.79. The molecule has 0 saturated heterocycles. The summed E-state index contributed by atoms with van der Waals surface area (Å²) in [5, 5.41) is 9.79. The van der Waals surface area contributed by atoms with Crippen molar-refractivity contribution in [3.05, 3.63) is 12.2 Å². The second kappa shape index (κ2) is 5.55. The van der Waals surface area contributed by atoms with Gasteiger partial charge in [-0.25, -0.2) is 0 Å². The maximum atomic E-state index is 9.79. The highest BCUT2D eigenvalue weighted by molar-refractivity contribution is 4.88. The monoisotopic (exact) mass is 198 g/mol. The van der Waals surface area contributed by atoms with Crippen LogP contribution in [0.4, 0.5) is 0 Å². The first-order valence-electron chi connectivity index (χ1n) is 5.56. The third-order valence-corrected chi connectivity index (χ3v) is 3.01. The molecule has 2 unspecified atom stereocenters. The van der Waals surface area contributed by atoms with Crippen LogP contribution in [0.15, 0.2) is 12.2 Å². The SMILES string of the molecule is C=C(C)CCC(O)CC(C)C(C)(C)C. The van der Waals surface area contributed by atoms with Crippen molar-refractivity contribution in [1.29, 1.82) is 0 Å². The fourth-order valence-electron chi connectivity index (χ4n) is 1.29. The van der Waals surface area contributed by atoms with E-state index in [1.807, 2.05) is 6.92 Å². The van der Waals surface area contributed by atoms with Gasteiger partial charge >= 0.3 is 0 Å². The lowest BCUT2D eigenvalue weighted by Crippen LogP contribution is -2.22. The topological polar surface area (TPSA) is 20.2 Å². The fourth-order valence-corrected chi connectivity index (χ4v) is 1.29. The number of hydrogen-bond donors (Lipinski definition) is 1. The molecule has 0 radical (unpaired) electrons. The minimum atomic E-state index is -0.166. The first kappa shape index (κ1) is 13.7. The molecule has 84 valence electrons. The molecule has 0 amide bonds. The molecule has 0 rings (SSSR count). The van der Waals surface area contributed by atoms with Crippen LogP contribution in [0.5, 0.6) is 0 Å². The van der Waals surface area contributed by atoms with Gasteiger partial charge in [0, 0.05) is 0 Å². The van der Waals surface area contributed by atoms with E-state index in [0.29, 0.717) is 11.3 Å². The highest BCUT2D eigenvalue weighted by Gasteiger charge is 2.22. The zero-order valence-corrected chi connectivity index (χ0v) is 10.4. The number of rotatable bonds is 5. The minimum absolute atomic E-state index is 0.166. The van der Waals surface area contributed by atoms with Gasteiger partial charge in [-0.3, -0.25) is 0 Å². The summed E-state index contributed by atoms with van der Waals surface area (Å²) in [6.07, 6.45) is 2.53. The molecule has 0 aliphatic rings. The van der Waals surface area contributed by atoms with Crippen molar-refractivity contribution in [2.45, 2.75) is 60.0 Å². The summed E-state index contributed by atoms with van der Waals surface area (Å²) < 4.78 is 0. The van der Waals surface area contributed by atoms with Crippen molar-refractivity contribution in [2.75, 3.05) is 0 Å². The Morgan fingerprint density at radius 3 is 2.21 bits per heavy atom. The molecule has 14 heavy (non-hydrogen) atoms. The molecule has 0 aliphatic carbocycles. The lowest BCUT2D eigenvalue weighted by atomic mass is 9.78. The normalized spacial score (nSPS) is 16.4. The zero-order valence-electron chi connectivity index (χ0n) is 10.4. The summed E-state index contributed by atoms with van der Waals surface area (Å²) in [6, 6.07) is 0. The van der Waals surface area contributed by atoms with E-state index in [1.54, 1.807) is 0 Å². The predicted octanol–water partition coefficient (Wildman–Crippen LogP) is 3.78. The molecule has 0 fully saturated rings. The van der Waals surface area contributed by atoms with Gasteiger partial charge in [0.25, 0.3) is 0 Å². The van der Waals surface area contributed by atoms with Crippen molar-refractivity contribution in [3.63, 3.8) is 0 Å². The Morgan fingerprint density at radius 2 is 1.86 bits per heavy atom. The molecule has 1 nitrogen and oxygen atoms in total. The number of aliphatic hydroxyl groups is 1. The highest BCUT2D eigenvalue weighted by Crippen LogP contribution is 2.29. The second-order valence-corrected chi connectivity index (χ2v) is 5.65. The van der Waals surface area contributed by atoms with Crippen LogP contribution >= 0.6 is 0 Å². The maximum Gasteiger partial charge on any atom is 0.0546 e. The molecule has 0 aliphatic heterocycles. The fraction of sp³-hybridized carbons (Fsp3) is 0.846. The summed E-state index contributed by atoms with van der Waals surface area (Å²) in [5.41, 5.74) is 1.46. The molecule has 1 heteroatoms. The van der Waals surface area contributed by atoms with Gasteiger partial charge in [0.2, 0.25) is 0 Å². The smallest absolute Gasteiger partial charge is 0.0546 e. The molecule has 0 aromatic carbocycles. The standard InChI is InChI=1S/C13H26O/c1-10(2)7-8-12(14)9-11(3)13(4,5)6/h11-12,14H,1,7-9H2,2-6H3. The van der Waals surface area contributed by atoms with Crippen LogP contribution in [-0.2, 0) is 0 Å². The number of allylic oxidation sites excluding steroid dienone is 1. The second-order valence-electron chi connectivity index (χ2n) is 5.65. The van der Waals surface area contributed by atoms with Crippen molar-refractivity contribution in [1.82, 2.24) is 0 Å². The van der Waals surface area contributed by atoms with Crippen LogP contribution in [0.1, 0.15) is 53.9 Å². The summed E-state index contributed by atoms with van der Waals surface area (Å²) in [5.74, 6) is 0.558. The summed E-state index contributed by atoms with van der Waals surface area (Å²) >= 11 is 0. The molecule has 2 atom stereocenters. The van der Waals surface area contributed by atoms with Crippen molar-refractivity contribution in [3.8, 4) is 0 Å². The van der Waals surface area contributed by atoms with E-state index >= 15 is 0 Å². The largest absolute Gasteiger partial charge is 0.393 e. The van der Waals surface area contributed by atoms with E-state index in [4.69, 9.17) is 0 Å². The van der Waals surface area contributed by atoms with Crippen molar-refractivity contribution >= 4 is 0 Å². The average Bonchev–Trinajstić information content (AvgIpc) is 1.99. The molecule has 0 aromatic rings. The van der Waals surface area contributed by atoms with Gasteiger partial charge in [-0.2, -0.15) is 0 Å². The van der Waals surface area contributed by atoms with Gasteiger partial charge in [0.05, 0.1) is 6.10 Å². The Balaban J connectivity index is 3.82. The molecule has 1 N–H and O–H groups in total. The molecule has 0 heterocycles. The van der Waals surface area contributed by atoms with Crippen molar-refractivity contribution in [2.24, 2.45) is 11.3 Å². The predicted molar refractivity (Wildman–Crippen MR) is 63.3 cm³/mol. The van der Waals surface area contributed by atoms with Gasteiger partial charge in [-0.15, -0.1) is 6.58 Å². The summed E-state index contributed by atoms with van der Waals surface area (Å²) in [6.45, 7) is 14.7. The lowest BCUT2D eigenvalue weighted by molar-refractivity contribution is 0.103. The van der Waals surface area contributed by atoms with E-state index in [9.17, 15) is 5.11 Å². The Hall–Kier alpha value is -0.300. The molecule has 0 spiro atoms. The van der Waals surface area contributed by atoms with Gasteiger partial charge in [0.1, 0.15) is 0 Å². The first-order chi connectivity index (χ1) is 6.23. The molecule has 0 aromatic heterocycles. The third kappa shape index (κ3) is 6.20. The Morgan fingerprint density at radius 1 is 1.36 bits per heavy atom. The first-order valence-corrected chi connectivity index (χ1v) is 5.56. The van der Waals surface area contributed by atoms with Gasteiger partial charge in [0.15, 0.2) is 0 Å². The average molecular weight is 198 g/mol. The van der Waals surface area contributed by atoms with Gasteiger partial charge in [-0.05, 0) is 37.5 Å². The Labute approximate surface area is 89.2 Å². The quantitative estimate of drug-likeness (QED) is 0.667. The Bertz CT molecular complexity index is 176.